The first-order valence-corrected chi connectivity index (χ1v) is 7.35. The largest absolute Gasteiger partial charge is 0.379 e. The Morgan fingerprint density at radius 3 is 2.60 bits per heavy atom. The molecule has 1 aliphatic heterocycles. The number of aromatic amines is 1. The molecule has 0 unspecified atom stereocenters. The zero-order chi connectivity index (χ0) is 13.9. The average molecular weight is 291 g/mol. The van der Waals surface area contributed by atoms with Crippen LogP contribution in [-0.4, -0.2) is 36.2 Å². The standard InChI is InChI=1S/C16H19ClN2O/c1-12-14(11-19-6-8-20-9-7-19)10-16(18-12)13-2-4-15(17)5-3-13/h2-5,10,18H,6-9,11H2,1H3. The lowest BCUT2D eigenvalue weighted by Gasteiger charge is -2.26. The van der Waals surface area contributed by atoms with Crippen LogP contribution in [0.4, 0.5) is 0 Å². The Morgan fingerprint density at radius 1 is 1.20 bits per heavy atom. The van der Waals surface area contributed by atoms with Crippen LogP contribution >= 0.6 is 11.6 Å². The van der Waals surface area contributed by atoms with Crippen molar-refractivity contribution in [2.75, 3.05) is 26.3 Å². The molecule has 1 aliphatic rings. The fourth-order valence-electron chi connectivity index (χ4n) is 2.55. The van der Waals surface area contributed by atoms with Crippen molar-refractivity contribution in [1.82, 2.24) is 9.88 Å². The molecule has 2 heterocycles. The number of morpholine rings is 1. The van der Waals surface area contributed by atoms with Crippen LogP contribution in [0, 0.1) is 6.92 Å². The zero-order valence-corrected chi connectivity index (χ0v) is 12.4. The highest BCUT2D eigenvalue weighted by molar-refractivity contribution is 6.30. The number of hydrogen-bond acceptors (Lipinski definition) is 2. The maximum absolute atomic E-state index is 5.94. The normalized spacial score (nSPS) is 16.5. The number of aromatic nitrogens is 1. The SMILES string of the molecule is Cc1[nH]c(-c2ccc(Cl)cc2)cc1CN1CCOCC1. The molecule has 20 heavy (non-hydrogen) atoms. The van der Waals surface area contributed by atoms with E-state index >= 15 is 0 Å². The van der Waals surface area contributed by atoms with E-state index in [1.165, 1.54) is 16.8 Å². The van der Waals surface area contributed by atoms with Gasteiger partial charge in [0.25, 0.3) is 0 Å². The molecule has 106 valence electrons. The van der Waals surface area contributed by atoms with Crippen molar-refractivity contribution in [2.45, 2.75) is 13.5 Å². The van der Waals surface area contributed by atoms with Crippen LogP contribution in [0.1, 0.15) is 11.3 Å². The third-order valence-electron chi connectivity index (χ3n) is 3.78. The summed E-state index contributed by atoms with van der Waals surface area (Å²) in [6.07, 6.45) is 0. The van der Waals surface area contributed by atoms with E-state index in [9.17, 15) is 0 Å². The molecule has 0 atom stereocenters. The van der Waals surface area contributed by atoms with E-state index in [4.69, 9.17) is 16.3 Å². The van der Waals surface area contributed by atoms with E-state index in [1.807, 2.05) is 24.3 Å². The predicted octanol–water partition coefficient (Wildman–Crippen LogP) is 3.48. The molecule has 0 radical (unpaired) electrons. The van der Waals surface area contributed by atoms with E-state index < -0.39 is 0 Å². The second-order valence-electron chi connectivity index (χ2n) is 5.23. The van der Waals surface area contributed by atoms with Gasteiger partial charge in [0.05, 0.1) is 13.2 Å². The maximum atomic E-state index is 5.94. The van der Waals surface area contributed by atoms with Crippen molar-refractivity contribution in [3.8, 4) is 11.3 Å². The van der Waals surface area contributed by atoms with Gasteiger partial charge in [-0.1, -0.05) is 23.7 Å². The smallest absolute Gasteiger partial charge is 0.0594 e. The molecule has 0 saturated carbocycles. The molecular weight excluding hydrogens is 272 g/mol. The summed E-state index contributed by atoms with van der Waals surface area (Å²) in [6.45, 7) is 6.83. The number of rotatable bonds is 3. The van der Waals surface area contributed by atoms with E-state index in [1.54, 1.807) is 0 Å². The first kappa shape index (κ1) is 13.7. The summed E-state index contributed by atoms with van der Waals surface area (Å²) in [5, 5.41) is 0.769. The van der Waals surface area contributed by atoms with Gasteiger partial charge in [-0.3, -0.25) is 4.90 Å². The Hall–Kier alpha value is -1.29. The molecule has 1 aromatic heterocycles. The Bertz CT molecular complexity index is 571. The molecular formula is C16H19ClN2O. The highest BCUT2D eigenvalue weighted by atomic mass is 35.5. The number of nitrogens with zero attached hydrogens (tertiary/aromatic N) is 1. The van der Waals surface area contributed by atoms with Crippen LogP contribution in [0.25, 0.3) is 11.3 Å². The number of benzene rings is 1. The number of hydrogen-bond donors (Lipinski definition) is 1. The van der Waals surface area contributed by atoms with Crippen molar-refractivity contribution >= 4 is 11.6 Å². The van der Waals surface area contributed by atoms with Crippen LogP contribution < -0.4 is 0 Å². The van der Waals surface area contributed by atoms with Gasteiger partial charge in [-0.15, -0.1) is 0 Å². The molecule has 0 spiro atoms. The zero-order valence-electron chi connectivity index (χ0n) is 11.7. The number of halogens is 1. The first-order chi connectivity index (χ1) is 9.72. The number of ether oxygens (including phenoxy) is 1. The molecule has 0 amide bonds. The summed E-state index contributed by atoms with van der Waals surface area (Å²) in [5.41, 5.74) is 4.92. The van der Waals surface area contributed by atoms with Crippen molar-refractivity contribution in [1.29, 1.82) is 0 Å². The molecule has 3 nitrogen and oxygen atoms in total. The highest BCUT2D eigenvalue weighted by Crippen LogP contribution is 2.24. The first-order valence-electron chi connectivity index (χ1n) is 6.97. The van der Waals surface area contributed by atoms with Gasteiger partial charge in [-0.2, -0.15) is 0 Å². The second kappa shape index (κ2) is 6.00. The molecule has 1 N–H and O–H groups in total. The average Bonchev–Trinajstić information content (AvgIpc) is 2.82. The van der Waals surface area contributed by atoms with Crippen molar-refractivity contribution in [2.24, 2.45) is 0 Å². The topological polar surface area (TPSA) is 28.3 Å². The lowest BCUT2D eigenvalue weighted by molar-refractivity contribution is 0.0341. The van der Waals surface area contributed by atoms with Gasteiger partial charge in [-0.25, -0.2) is 0 Å². The number of aryl methyl sites for hydroxylation is 1. The van der Waals surface area contributed by atoms with Gasteiger partial charge in [0.2, 0.25) is 0 Å². The van der Waals surface area contributed by atoms with Gasteiger partial charge in [0, 0.05) is 36.0 Å². The predicted molar refractivity (Wildman–Crippen MR) is 82.1 cm³/mol. The monoisotopic (exact) mass is 290 g/mol. The fraction of sp³-hybridized carbons (Fsp3) is 0.375. The molecule has 3 rings (SSSR count). The molecule has 1 aromatic carbocycles. The molecule has 0 bridgehead atoms. The Kier molecular flexibility index (Phi) is 4.10. The number of nitrogens with one attached hydrogen (secondary N) is 1. The molecule has 4 heteroatoms. The molecule has 1 saturated heterocycles. The van der Waals surface area contributed by atoms with Crippen molar-refractivity contribution in [3.05, 3.63) is 46.6 Å². The van der Waals surface area contributed by atoms with Crippen LogP contribution in [-0.2, 0) is 11.3 Å². The minimum Gasteiger partial charge on any atom is -0.379 e. The maximum Gasteiger partial charge on any atom is 0.0594 e. The Balaban J connectivity index is 1.78. The lowest BCUT2D eigenvalue weighted by Crippen LogP contribution is -2.35. The fourth-order valence-corrected chi connectivity index (χ4v) is 2.68. The Labute approximate surface area is 124 Å². The molecule has 0 aliphatic carbocycles. The molecule has 1 fully saturated rings. The van der Waals surface area contributed by atoms with Crippen LogP contribution in [0.2, 0.25) is 5.02 Å². The van der Waals surface area contributed by atoms with E-state index in [-0.39, 0.29) is 0 Å². The summed E-state index contributed by atoms with van der Waals surface area (Å²) < 4.78 is 5.39. The van der Waals surface area contributed by atoms with Gasteiger partial charge >= 0.3 is 0 Å². The van der Waals surface area contributed by atoms with E-state index in [0.717, 1.165) is 43.6 Å². The van der Waals surface area contributed by atoms with Crippen molar-refractivity contribution < 1.29 is 4.74 Å². The van der Waals surface area contributed by atoms with Crippen molar-refractivity contribution in [3.63, 3.8) is 0 Å². The Morgan fingerprint density at radius 2 is 1.90 bits per heavy atom. The van der Waals surface area contributed by atoms with Gasteiger partial charge < -0.3 is 9.72 Å². The highest BCUT2D eigenvalue weighted by Gasteiger charge is 2.14. The van der Waals surface area contributed by atoms with Crippen LogP contribution in [0.15, 0.2) is 30.3 Å². The van der Waals surface area contributed by atoms with Crippen LogP contribution in [0.5, 0.6) is 0 Å². The summed E-state index contributed by atoms with van der Waals surface area (Å²) >= 11 is 5.94. The summed E-state index contributed by atoms with van der Waals surface area (Å²) in [6, 6.07) is 10.2. The summed E-state index contributed by atoms with van der Waals surface area (Å²) in [5.74, 6) is 0. The third kappa shape index (κ3) is 3.06. The summed E-state index contributed by atoms with van der Waals surface area (Å²) in [7, 11) is 0. The number of H-pyrrole nitrogens is 1. The van der Waals surface area contributed by atoms with Crippen LogP contribution in [0.3, 0.4) is 0 Å². The van der Waals surface area contributed by atoms with Gasteiger partial charge in [-0.05, 0) is 36.2 Å². The quantitative estimate of drug-likeness (QED) is 0.937. The lowest BCUT2D eigenvalue weighted by atomic mass is 10.1. The van der Waals surface area contributed by atoms with E-state index in [2.05, 4.69) is 22.9 Å². The minimum absolute atomic E-state index is 0.769. The third-order valence-corrected chi connectivity index (χ3v) is 4.03. The van der Waals surface area contributed by atoms with Gasteiger partial charge in [0.15, 0.2) is 0 Å². The van der Waals surface area contributed by atoms with Gasteiger partial charge in [0.1, 0.15) is 0 Å². The summed E-state index contributed by atoms with van der Waals surface area (Å²) in [4.78, 5) is 5.90. The minimum atomic E-state index is 0.769. The molecule has 2 aromatic rings. The van der Waals surface area contributed by atoms with E-state index in [0.29, 0.717) is 0 Å². The second-order valence-corrected chi connectivity index (χ2v) is 5.67.